The number of hydrogen-bond donors (Lipinski definition) is 2. The van der Waals surface area contributed by atoms with Crippen molar-refractivity contribution < 1.29 is 18.0 Å². The number of nitriles is 1. The highest BCUT2D eigenvalue weighted by Crippen LogP contribution is 2.35. The van der Waals surface area contributed by atoms with Gasteiger partial charge in [-0.25, -0.2) is 0 Å². The monoisotopic (exact) mass is 325 g/mol. The number of carbonyl (C=O) groups excluding carboxylic acids is 1. The van der Waals surface area contributed by atoms with E-state index in [9.17, 15) is 18.0 Å². The second-order valence-corrected chi connectivity index (χ2v) is 5.90. The predicted octanol–water partition coefficient (Wildman–Crippen LogP) is 2.54. The smallest absolute Gasteiger partial charge is 0.357 e. The van der Waals surface area contributed by atoms with Crippen LogP contribution >= 0.6 is 0 Å². The first kappa shape index (κ1) is 17.3. The highest BCUT2D eigenvalue weighted by atomic mass is 19.4. The van der Waals surface area contributed by atoms with Gasteiger partial charge in [0, 0.05) is 7.05 Å². The van der Waals surface area contributed by atoms with Crippen molar-refractivity contribution in [1.29, 1.82) is 5.26 Å². The average molecular weight is 325 g/mol. The molecule has 0 radical (unpaired) electrons. The lowest BCUT2D eigenvalue weighted by molar-refractivity contribution is -0.138. The van der Waals surface area contributed by atoms with Crippen molar-refractivity contribution in [2.75, 3.05) is 13.6 Å². The highest BCUT2D eigenvalue weighted by Gasteiger charge is 2.39. The fraction of sp³-hybridized carbons (Fsp3) is 0.500. The van der Waals surface area contributed by atoms with E-state index in [1.807, 2.05) is 0 Å². The van der Waals surface area contributed by atoms with E-state index >= 15 is 0 Å². The van der Waals surface area contributed by atoms with Gasteiger partial charge in [0.2, 0.25) is 5.91 Å². The van der Waals surface area contributed by atoms with Crippen molar-refractivity contribution in [3.63, 3.8) is 0 Å². The molecule has 1 aromatic carbocycles. The molecule has 2 N–H and O–H groups in total. The van der Waals surface area contributed by atoms with Crippen LogP contribution in [0.5, 0.6) is 0 Å². The van der Waals surface area contributed by atoms with Gasteiger partial charge >= 0.3 is 6.18 Å². The lowest BCUT2D eigenvalue weighted by Crippen LogP contribution is -2.52. The van der Waals surface area contributed by atoms with Crippen LogP contribution in [0.15, 0.2) is 18.2 Å². The molecule has 1 atom stereocenters. The summed E-state index contributed by atoms with van der Waals surface area (Å²) in [6.45, 7) is 2.11. The number of alkyl halides is 3. The summed E-state index contributed by atoms with van der Waals surface area (Å²) in [4.78, 5) is 12.3. The molecular weight excluding hydrogens is 307 g/mol. The first-order chi connectivity index (χ1) is 10.7. The standard InChI is InChI=1S/C16H18F3N3O/c1-15(14(23)21-2,22-9-10-3-4-10)12-6-5-11(8-20)13(7-12)16(17,18)19/h5-7,10,22H,3-4,9H2,1-2H3,(H,21,23)/t15-/m1/s1. The Hall–Kier alpha value is -2.07. The fourth-order valence-corrected chi connectivity index (χ4v) is 2.42. The van der Waals surface area contributed by atoms with Gasteiger partial charge in [-0.15, -0.1) is 0 Å². The van der Waals surface area contributed by atoms with Crippen LogP contribution in [-0.2, 0) is 16.5 Å². The number of halogens is 3. The number of rotatable bonds is 5. The number of benzene rings is 1. The molecule has 0 unspecified atom stereocenters. The lowest BCUT2D eigenvalue weighted by Gasteiger charge is -2.30. The van der Waals surface area contributed by atoms with Crippen LogP contribution in [0.1, 0.15) is 36.5 Å². The number of nitrogens with zero attached hydrogens (tertiary/aromatic N) is 1. The Kier molecular flexibility index (Phi) is 4.66. The summed E-state index contributed by atoms with van der Waals surface area (Å²) in [6, 6.07) is 4.93. The molecule has 1 fully saturated rings. The summed E-state index contributed by atoms with van der Waals surface area (Å²) in [6.07, 6.45) is -2.54. The van der Waals surface area contributed by atoms with E-state index in [0.29, 0.717) is 12.5 Å². The highest BCUT2D eigenvalue weighted by molar-refractivity contribution is 5.87. The predicted molar refractivity (Wildman–Crippen MR) is 78.3 cm³/mol. The Bertz CT molecular complexity index is 647. The Morgan fingerprint density at radius 1 is 1.39 bits per heavy atom. The van der Waals surface area contributed by atoms with E-state index < -0.39 is 28.7 Å². The van der Waals surface area contributed by atoms with E-state index in [1.54, 1.807) is 13.0 Å². The summed E-state index contributed by atoms with van der Waals surface area (Å²) in [5.41, 5.74) is -2.59. The molecule has 1 aromatic rings. The van der Waals surface area contributed by atoms with E-state index in [-0.39, 0.29) is 5.56 Å². The van der Waals surface area contributed by atoms with E-state index in [0.717, 1.165) is 25.0 Å². The van der Waals surface area contributed by atoms with Crippen LogP contribution < -0.4 is 10.6 Å². The molecule has 0 saturated heterocycles. The third kappa shape index (κ3) is 3.64. The van der Waals surface area contributed by atoms with Crippen LogP contribution in [0.2, 0.25) is 0 Å². The summed E-state index contributed by atoms with van der Waals surface area (Å²) in [5, 5.41) is 14.4. The van der Waals surface area contributed by atoms with Crippen LogP contribution in [0.3, 0.4) is 0 Å². The van der Waals surface area contributed by atoms with E-state index in [2.05, 4.69) is 10.6 Å². The molecule has 0 spiro atoms. The zero-order valence-electron chi connectivity index (χ0n) is 12.9. The van der Waals surface area contributed by atoms with Gasteiger partial charge < -0.3 is 5.32 Å². The zero-order valence-corrected chi connectivity index (χ0v) is 12.9. The lowest BCUT2D eigenvalue weighted by atomic mass is 9.88. The van der Waals surface area contributed by atoms with Crippen LogP contribution in [-0.4, -0.2) is 19.5 Å². The number of amides is 1. The molecule has 7 heteroatoms. The Morgan fingerprint density at radius 3 is 2.52 bits per heavy atom. The van der Waals surface area contributed by atoms with E-state index in [1.165, 1.54) is 13.1 Å². The Labute approximate surface area is 132 Å². The van der Waals surface area contributed by atoms with Crippen molar-refractivity contribution in [2.24, 2.45) is 5.92 Å². The summed E-state index contributed by atoms with van der Waals surface area (Å²) < 4.78 is 39.4. The topological polar surface area (TPSA) is 64.9 Å². The molecule has 1 aliphatic carbocycles. The van der Waals surface area contributed by atoms with Crippen molar-refractivity contribution >= 4 is 5.91 Å². The van der Waals surface area contributed by atoms with Gasteiger partial charge in [-0.1, -0.05) is 6.07 Å². The molecule has 0 aliphatic heterocycles. The van der Waals surface area contributed by atoms with Crippen molar-refractivity contribution in [2.45, 2.75) is 31.5 Å². The summed E-state index contributed by atoms with van der Waals surface area (Å²) in [7, 11) is 1.44. The van der Waals surface area contributed by atoms with Crippen LogP contribution in [0, 0.1) is 17.2 Å². The van der Waals surface area contributed by atoms with Crippen LogP contribution in [0.4, 0.5) is 13.2 Å². The van der Waals surface area contributed by atoms with Gasteiger partial charge in [0.1, 0.15) is 5.54 Å². The van der Waals surface area contributed by atoms with Crippen molar-refractivity contribution in [3.05, 3.63) is 34.9 Å². The Balaban J connectivity index is 2.45. The molecule has 1 amide bonds. The molecule has 0 aromatic heterocycles. The molecule has 0 heterocycles. The third-order valence-corrected chi connectivity index (χ3v) is 4.15. The maximum atomic E-state index is 13.1. The summed E-state index contributed by atoms with van der Waals surface area (Å²) in [5.74, 6) is 0.0374. The van der Waals surface area contributed by atoms with Crippen LogP contribution in [0.25, 0.3) is 0 Å². The minimum atomic E-state index is -4.65. The van der Waals surface area contributed by atoms with Gasteiger partial charge in [-0.2, -0.15) is 18.4 Å². The first-order valence-corrected chi connectivity index (χ1v) is 7.31. The van der Waals surface area contributed by atoms with Gasteiger partial charge in [-0.3, -0.25) is 10.1 Å². The first-order valence-electron chi connectivity index (χ1n) is 7.31. The summed E-state index contributed by atoms with van der Waals surface area (Å²) >= 11 is 0. The number of nitrogens with one attached hydrogen (secondary N) is 2. The molecular formula is C16H18F3N3O. The van der Waals surface area contributed by atoms with Gasteiger partial charge in [-0.05, 0) is 49.9 Å². The molecule has 23 heavy (non-hydrogen) atoms. The SMILES string of the molecule is CNC(=O)[C@](C)(NCC1CC1)c1ccc(C#N)c(C(F)(F)F)c1. The maximum Gasteiger partial charge on any atom is 0.417 e. The van der Waals surface area contributed by atoms with Crippen molar-refractivity contribution in [1.82, 2.24) is 10.6 Å². The normalized spacial score (nSPS) is 17.2. The largest absolute Gasteiger partial charge is 0.417 e. The molecule has 1 saturated carbocycles. The molecule has 0 bridgehead atoms. The molecule has 4 nitrogen and oxygen atoms in total. The van der Waals surface area contributed by atoms with E-state index in [4.69, 9.17) is 5.26 Å². The number of hydrogen-bond acceptors (Lipinski definition) is 3. The zero-order chi connectivity index (χ0) is 17.3. The maximum absolute atomic E-state index is 13.1. The Morgan fingerprint density at radius 2 is 2.04 bits per heavy atom. The minimum absolute atomic E-state index is 0.184. The van der Waals surface area contributed by atoms with Gasteiger partial charge in [0.15, 0.2) is 0 Å². The number of likely N-dealkylation sites (N-methyl/N-ethyl adjacent to an activating group) is 1. The van der Waals surface area contributed by atoms with Gasteiger partial charge in [0.25, 0.3) is 0 Å². The average Bonchev–Trinajstić information content (AvgIpc) is 3.34. The minimum Gasteiger partial charge on any atom is -0.357 e. The van der Waals surface area contributed by atoms with Crippen molar-refractivity contribution in [3.8, 4) is 6.07 Å². The fourth-order valence-electron chi connectivity index (χ4n) is 2.42. The quantitative estimate of drug-likeness (QED) is 0.874. The molecule has 2 rings (SSSR count). The number of carbonyl (C=O) groups is 1. The van der Waals surface area contributed by atoms with Gasteiger partial charge in [0.05, 0.1) is 17.2 Å². The second-order valence-electron chi connectivity index (χ2n) is 5.90. The molecule has 1 aliphatic rings. The second kappa shape index (κ2) is 6.20. The third-order valence-electron chi connectivity index (χ3n) is 4.15. The molecule has 124 valence electrons.